The van der Waals surface area contributed by atoms with Crippen molar-refractivity contribution >= 4 is 0 Å². The van der Waals surface area contributed by atoms with Crippen molar-refractivity contribution in [3.8, 4) is 5.75 Å². The zero-order chi connectivity index (χ0) is 9.68. The normalized spacial score (nSPS) is 9.69. The number of rotatable bonds is 4. The minimum atomic E-state index is -0.267. The minimum absolute atomic E-state index is 0.267. The molecule has 0 amide bonds. The van der Waals surface area contributed by atoms with Crippen LogP contribution >= 0.6 is 0 Å². The van der Waals surface area contributed by atoms with Crippen LogP contribution in [0.25, 0.3) is 0 Å². The van der Waals surface area contributed by atoms with Crippen LogP contribution in [-0.2, 0) is 6.42 Å². The van der Waals surface area contributed by atoms with Gasteiger partial charge in [0, 0.05) is 6.07 Å². The number of halogens is 1. The molecule has 0 aliphatic carbocycles. The molecule has 1 aromatic carbocycles. The van der Waals surface area contributed by atoms with Gasteiger partial charge in [-0.25, -0.2) is 4.39 Å². The summed E-state index contributed by atoms with van der Waals surface area (Å²) in [4.78, 5) is 0. The van der Waals surface area contributed by atoms with Gasteiger partial charge in [0.1, 0.15) is 11.6 Å². The number of hydrogen-bond acceptors (Lipinski definition) is 1. The fraction of sp³-hybridized carbons (Fsp3) is 0.273. The lowest BCUT2D eigenvalue weighted by Gasteiger charge is -2.08. The van der Waals surface area contributed by atoms with E-state index in [9.17, 15) is 4.39 Å². The Hall–Kier alpha value is -1.31. The fourth-order valence-electron chi connectivity index (χ4n) is 1.14. The summed E-state index contributed by atoms with van der Waals surface area (Å²) in [5, 5.41) is 0. The van der Waals surface area contributed by atoms with Gasteiger partial charge >= 0.3 is 0 Å². The first-order chi connectivity index (χ1) is 6.27. The van der Waals surface area contributed by atoms with E-state index in [-0.39, 0.29) is 5.82 Å². The molecular weight excluding hydrogens is 167 g/mol. The molecule has 0 radical (unpaired) electrons. The molecule has 0 atom stereocenters. The van der Waals surface area contributed by atoms with Crippen molar-refractivity contribution in [1.29, 1.82) is 0 Å². The Morgan fingerprint density at radius 1 is 1.54 bits per heavy atom. The third kappa shape index (κ3) is 2.58. The van der Waals surface area contributed by atoms with Crippen molar-refractivity contribution < 1.29 is 9.13 Å². The van der Waals surface area contributed by atoms with E-state index in [4.69, 9.17) is 4.74 Å². The second-order valence-electron chi connectivity index (χ2n) is 2.68. The Balaban J connectivity index is 2.95. The van der Waals surface area contributed by atoms with E-state index in [0.29, 0.717) is 18.8 Å². The van der Waals surface area contributed by atoms with E-state index in [2.05, 4.69) is 6.58 Å². The molecule has 0 aliphatic rings. The summed E-state index contributed by atoms with van der Waals surface area (Å²) in [5.41, 5.74) is 0.971. The largest absolute Gasteiger partial charge is 0.493 e. The first-order valence-corrected chi connectivity index (χ1v) is 4.30. The highest BCUT2D eigenvalue weighted by Crippen LogP contribution is 2.20. The van der Waals surface area contributed by atoms with Crippen molar-refractivity contribution in [2.45, 2.75) is 13.3 Å². The predicted molar refractivity (Wildman–Crippen MR) is 51.5 cm³/mol. The average molecular weight is 180 g/mol. The van der Waals surface area contributed by atoms with E-state index in [1.807, 2.05) is 6.92 Å². The average Bonchev–Trinajstić information content (AvgIpc) is 2.10. The van der Waals surface area contributed by atoms with E-state index < -0.39 is 0 Å². The summed E-state index contributed by atoms with van der Waals surface area (Å²) < 4.78 is 18.1. The Morgan fingerprint density at radius 2 is 2.31 bits per heavy atom. The van der Waals surface area contributed by atoms with Crippen LogP contribution in [0.2, 0.25) is 0 Å². The van der Waals surface area contributed by atoms with Crippen molar-refractivity contribution in [1.82, 2.24) is 0 Å². The molecule has 13 heavy (non-hydrogen) atoms. The standard InChI is InChI=1S/C11H13FO/c1-3-5-9-6-7-10(12)8-11(9)13-4-2/h3,6-8H,1,4-5H2,2H3. The van der Waals surface area contributed by atoms with Crippen molar-refractivity contribution in [2.75, 3.05) is 6.61 Å². The summed E-state index contributed by atoms with van der Waals surface area (Å²) in [6.07, 6.45) is 2.48. The molecule has 1 nitrogen and oxygen atoms in total. The van der Waals surface area contributed by atoms with Crippen LogP contribution in [0.1, 0.15) is 12.5 Å². The second-order valence-corrected chi connectivity index (χ2v) is 2.68. The minimum Gasteiger partial charge on any atom is -0.493 e. The predicted octanol–water partition coefficient (Wildman–Crippen LogP) is 2.95. The van der Waals surface area contributed by atoms with Gasteiger partial charge in [0.2, 0.25) is 0 Å². The van der Waals surface area contributed by atoms with Gasteiger partial charge in [0.05, 0.1) is 6.61 Å². The maximum Gasteiger partial charge on any atom is 0.126 e. The lowest BCUT2D eigenvalue weighted by atomic mass is 10.1. The van der Waals surface area contributed by atoms with Gasteiger partial charge in [0.15, 0.2) is 0 Å². The van der Waals surface area contributed by atoms with E-state index >= 15 is 0 Å². The van der Waals surface area contributed by atoms with Gasteiger partial charge < -0.3 is 4.74 Å². The Labute approximate surface area is 77.8 Å². The van der Waals surface area contributed by atoms with Gasteiger partial charge in [-0.2, -0.15) is 0 Å². The highest BCUT2D eigenvalue weighted by molar-refractivity contribution is 5.35. The zero-order valence-corrected chi connectivity index (χ0v) is 7.72. The van der Waals surface area contributed by atoms with Gasteiger partial charge in [-0.05, 0) is 25.0 Å². The molecule has 2 heteroatoms. The van der Waals surface area contributed by atoms with E-state index in [0.717, 1.165) is 5.56 Å². The quantitative estimate of drug-likeness (QED) is 0.647. The maximum absolute atomic E-state index is 12.8. The molecule has 70 valence electrons. The summed E-state index contributed by atoms with van der Waals surface area (Å²) in [6.45, 7) is 6.06. The van der Waals surface area contributed by atoms with Crippen LogP contribution < -0.4 is 4.74 Å². The highest BCUT2D eigenvalue weighted by atomic mass is 19.1. The van der Waals surface area contributed by atoms with E-state index in [1.54, 1.807) is 12.1 Å². The smallest absolute Gasteiger partial charge is 0.126 e. The topological polar surface area (TPSA) is 9.23 Å². The van der Waals surface area contributed by atoms with Crippen LogP contribution in [0.4, 0.5) is 4.39 Å². The van der Waals surface area contributed by atoms with Gasteiger partial charge in [-0.3, -0.25) is 0 Å². The number of benzene rings is 1. The van der Waals surface area contributed by atoms with Crippen LogP contribution in [-0.4, -0.2) is 6.61 Å². The Kier molecular flexibility index (Phi) is 3.50. The maximum atomic E-state index is 12.8. The molecule has 0 heterocycles. The van der Waals surface area contributed by atoms with Crippen LogP contribution in [0, 0.1) is 5.82 Å². The highest BCUT2D eigenvalue weighted by Gasteiger charge is 2.02. The molecule has 0 aromatic heterocycles. The fourth-order valence-corrected chi connectivity index (χ4v) is 1.14. The summed E-state index contributed by atoms with van der Waals surface area (Å²) >= 11 is 0. The van der Waals surface area contributed by atoms with Gasteiger partial charge in [-0.15, -0.1) is 6.58 Å². The summed E-state index contributed by atoms with van der Waals surface area (Å²) in [6, 6.07) is 4.56. The van der Waals surface area contributed by atoms with Crippen LogP contribution in [0.5, 0.6) is 5.75 Å². The number of allylic oxidation sites excluding steroid dienone is 1. The molecular formula is C11H13FO. The molecule has 0 fully saturated rings. The van der Waals surface area contributed by atoms with Gasteiger partial charge in [-0.1, -0.05) is 12.1 Å². The Morgan fingerprint density at radius 3 is 2.92 bits per heavy atom. The summed E-state index contributed by atoms with van der Waals surface area (Å²) in [5.74, 6) is 0.346. The van der Waals surface area contributed by atoms with Gasteiger partial charge in [0.25, 0.3) is 0 Å². The molecule has 1 aromatic rings. The lowest BCUT2D eigenvalue weighted by molar-refractivity contribution is 0.335. The van der Waals surface area contributed by atoms with Crippen molar-refractivity contribution in [2.24, 2.45) is 0 Å². The van der Waals surface area contributed by atoms with Crippen LogP contribution in [0.3, 0.4) is 0 Å². The molecule has 0 spiro atoms. The van der Waals surface area contributed by atoms with E-state index in [1.165, 1.54) is 12.1 Å². The third-order valence-corrected chi connectivity index (χ3v) is 1.69. The molecule has 0 aliphatic heterocycles. The molecule has 0 saturated heterocycles. The molecule has 0 saturated carbocycles. The van der Waals surface area contributed by atoms with Crippen molar-refractivity contribution in [3.05, 3.63) is 42.2 Å². The first-order valence-electron chi connectivity index (χ1n) is 4.30. The molecule has 1 rings (SSSR count). The molecule has 0 N–H and O–H groups in total. The second kappa shape index (κ2) is 4.65. The number of ether oxygens (including phenoxy) is 1. The molecule has 0 bridgehead atoms. The van der Waals surface area contributed by atoms with Crippen molar-refractivity contribution in [3.63, 3.8) is 0 Å². The lowest BCUT2D eigenvalue weighted by Crippen LogP contribution is -1.96. The first kappa shape index (κ1) is 9.78. The zero-order valence-electron chi connectivity index (χ0n) is 7.72. The third-order valence-electron chi connectivity index (χ3n) is 1.69. The Bertz CT molecular complexity index is 294. The van der Waals surface area contributed by atoms with Crippen LogP contribution in [0.15, 0.2) is 30.9 Å². The molecule has 0 unspecified atom stereocenters. The SMILES string of the molecule is C=CCc1ccc(F)cc1OCC. The monoisotopic (exact) mass is 180 g/mol. The summed E-state index contributed by atoms with van der Waals surface area (Å²) in [7, 11) is 0. The number of hydrogen-bond donors (Lipinski definition) is 0.